The zero-order valence-corrected chi connectivity index (χ0v) is 17.9. The van der Waals surface area contributed by atoms with Crippen LogP contribution in [0.5, 0.6) is 0 Å². The molecule has 1 aliphatic heterocycles. The third kappa shape index (κ3) is 4.72. The van der Waals surface area contributed by atoms with E-state index < -0.39 is 0 Å². The number of rotatable bonds is 6. The van der Waals surface area contributed by atoms with Gasteiger partial charge in [0.2, 0.25) is 0 Å². The number of piperidine rings is 1. The van der Waals surface area contributed by atoms with Crippen molar-refractivity contribution < 1.29 is 4.79 Å². The monoisotopic (exact) mass is 390 g/mol. The Balaban J connectivity index is 1.32. The van der Waals surface area contributed by atoms with Crippen molar-refractivity contribution in [2.75, 3.05) is 26.2 Å². The quantitative estimate of drug-likeness (QED) is 0.712. The Kier molecular flexibility index (Phi) is 6.34. The molecule has 1 fully saturated rings. The minimum absolute atomic E-state index is 0.198. The summed E-state index contributed by atoms with van der Waals surface area (Å²) in [6, 6.07) is 17.6. The van der Waals surface area contributed by atoms with Gasteiger partial charge in [0.1, 0.15) is 0 Å². The first kappa shape index (κ1) is 20.2. The zero-order chi connectivity index (χ0) is 20.2. The molecule has 2 aliphatic rings. The topological polar surface area (TPSA) is 23.6 Å². The van der Waals surface area contributed by atoms with Crippen LogP contribution in [0.15, 0.2) is 48.5 Å². The van der Waals surface area contributed by atoms with Crippen molar-refractivity contribution in [3.05, 3.63) is 70.8 Å². The van der Waals surface area contributed by atoms with Gasteiger partial charge >= 0.3 is 0 Å². The molecule has 2 aromatic rings. The first-order valence-electron chi connectivity index (χ1n) is 11.3. The van der Waals surface area contributed by atoms with Crippen LogP contribution >= 0.6 is 0 Å². The number of likely N-dealkylation sites (tertiary alicyclic amines) is 1. The molecule has 0 spiro atoms. The summed E-state index contributed by atoms with van der Waals surface area (Å²) >= 11 is 0. The van der Waals surface area contributed by atoms with E-state index in [0.29, 0.717) is 12.0 Å². The molecule has 1 amide bonds. The van der Waals surface area contributed by atoms with Gasteiger partial charge in [-0.05, 0) is 74.8 Å². The summed E-state index contributed by atoms with van der Waals surface area (Å²) < 4.78 is 0. The molecule has 0 radical (unpaired) electrons. The van der Waals surface area contributed by atoms with Crippen LogP contribution in [-0.2, 0) is 12.8 Å². The van der Waals surface area contributed by atoms with E-state index in [2.05, 4.69) is 41.0 Å². The van der Waals surface area contributed by atoms with Crippen molar-refractivity contribution in [1.82, 2.24) is 9.80 Å². The lowest BCUT2D eigenvalue weighted by Gasteiger charge is -2.37. The molecule has 4 rings (SSSR count). The Morgan fingerprint density at radius 3 is 2.34 bits per heavy atom. The molecular weight excluding hydrogens is 356 g/mol. The molecule has 1 heterocycles. The number of carbonyl (C=O) groups is 1. The Hall–Kier alpha value is -2.13. The molecule has 0 N–H and O–H groups in total. The lowest BCUT2D eigenvalue weighted by Crippen LogP contribution is -2.44. The minimum atomic E-state index is 0.198. The van der Waals surface area contributed by atoms with Crippen LogP contribution < -0.4 is 0 Å². The first-order valence-corrected chi connectivity index (χ1v) is 11.3. The summed E-state index contributed by atoms with van der Waals surface area (Å²) in [4.78, 5) is 17.6. The van der Waals surface area contributed by atoms with E-state index in [1.54, 1.807) is 0 Å². The Bertz CT molecular complexity index is 813. The van der Waals surface area contributed by atoms with Gasteiger partial charge in [0.15, 0.2) is 0 Å². The number of benzene rings is 2. The van der Waals surface area contributed by atoms with E-state index in [1.165, 1.54) is 43.5 Å². The van der Waals surface area contributed by atoms with Crippen molar-refractivity contribution in [3.63, 3.8) is 0 Å². The van der Waals surface area contributed by atoms with E-state index in [4.69, 9.17) is 0 Å². The predicted molar refractivity (Wildman–Crippen MR) is 119 cm³/mol. The number of fused-ring (bicyclic) bond motifs is 1. The van der Waals surface area contributed by atoms with Crippen molar-refractivity contribution in [2.45, 2.75) is 52.0 Å². The second kappa shape index (κ2) is 9.13. The summed E-state index contributed by atoms with van der Waals surface area (Å²) in [7, 11) is 0. The minimum Gasteiger partial charge on any atom is -0.339 e. The number of hydrogen-bond acceptors (Lipinski definition) is 2. The molecule has 0 aromatic heterocycles. The van der Waals surface area contributed by atoms with E-state index in [9.17, 15) is 4.79 Å². The third-order valence-corrected chi connectivity index (χ3v) is 6.72. The van der Waals surface area contributed by atoms with E-state index >= 15 is 0 Å². The van der Waals surface area contributed by atoms with Gasteiger partial charge in [-0.1, -0.05) is 48.9 Å². The Morgan fingerprint density at radius 2 is 1.72 bits per heavy atom. The van der Waals surface area contributed by atoms with Crippen LogP contribution in [0.4, 0.5) is 0 Å². The van der Waals surface area contributed by atoms with Crippen LogP contribution in [0.2, 0.25) is 0 Å². The van der Waals surface area contributed by atoms with Gasteiger partial charge in [-0.25, -0.2) is 0 Å². The van der Waals surface area contributed by atoms with Gasteiger partial charge in [0, 0.05) is 31.2 Å². The van der Waals surface area contributed by atoms with Crippen LogP contribution in [-0.4, -0.2) is 47.9 Å². The zero-order valence-electron chi connectivity index (χ0n) is 17.9. The molecule has 0 saturated carbocycles. The standard InChI is InChI=1S/C26H34N2O/c1-3-13-28(25-17-22-8-4-5-9-23(22)18-25)19-21-11-14-27(15-12-21)26(29)24-10-6-7-20(2)16-24/h4-10,16,21,25H,3,11-15,17-19H2,1-2H3. The maximum atomic E-state index is 12.8. The number of nitrogens with zero attached hydrogens (tertiary/aromatic N) is 2. The summed E-state index contributed by atoms with van der Waals surface area (Å²) in [5.74, 6) is 0.899. The van der Waals surface area contributed by atoms with Crippen molar-refractivity contribution in [3.8, 4) is 0 Å². The van der Waals surface area contributed by atoms with Gasteiger partial charge < -0.3 is 4.90 Å². The Morgan fingerprint density at radius 1 is 1.03 bits per heavy atom. The molecule has 0 atom stereocenters. The summed E-state index contributed by atoms with van der Waals surface area (Å²) in [5.41, 5.74) is 5.06. The van der Waals surface area contributed by atoms with Gasteiger partial charge in [-0.3, -0.25) is 9.69 Å². The van der Waals surface area contributed by atoms with Gasteiger partial charge in [-0.15, -0.1) is 0 Å². The highest BCUT2D eigenvalue weighted by Crippen LogP contribution is 2.28. The molecule has 1 aliphatic carbocycles. The highest BCUT2D eigenvalue weighted by Gasteiger charge is 2.30. The first-order chi connectivity index (χ1) is 14.1. The second-order valence-electron chi connectivity index (χ2n) is 8.93. The van der Waals surface area contributed by atoms with Crippen LogP contribution in [0.3, 0.4) is 0 Å². The second-order valence-corrected chi connectivity index (χ2v) is 8.93. The van der Waals surface area contributed by atoms with Gasteiger partial charge in [0.05, 0.1) is 0 Å². The predicted octanol–water partition coefficient (Wildman–Crippen LogP) is 4.73. The fourth-order valence-electron chi connectivity index (χ4n) is 5.11. The third-order valence-electron chi connectivity index (χ3n) is 6.72. The molecular formula is C26H34N2O. The summed E-state index contributed by atoms with van der Waals surface area (Å²) in [5, 5.41) is 0. The molecule has 1 saturated heterocycles. The van der Waals surface area contributed by atoms with Crippen LogP contribution in [0.25, 0.3) is 0 Å². The average molecular weight is 391 g/mol. The lowest BCUT2D eigenvalue weighted by atomic mass is 9.94. The number of hydrogen-bond donors (Lipinski definition) is 0. The van der Waals surface area contributed by atoms with E-state index in [1.807, 2.05) is 31.2 Å². The average Bonchev–Trinajstić information content (AvgIpc) is 3.18. The van der Waals surface area contributed by atoms with Gasteiger partial charge in [0.25, 0.3) is 5.91 Å². The molecule has 0 unspecified atom stereocenters. The van der Waals surface area contributed by atoms with Gasteiger partial charge in [-0.2, -0.15) is 0 Å². The largest absolute Gasteiger partial charge is 0.339 e. The van der Waals surface area contributed by atoms with Crippen molar-refractivity contribution >= 4 is 5.91 Å². The van der Waals surface area contributed by atoms with Crippen LogP contribution in [0.1, 0.15) is 53.2 Å². The summed E-state index contributed by atoms with van der Waals surface area (Å²) in [6.07, 6.45) is 5.84. The number of aryl methyl sites for hydroxylation is 1. The van der Waals surface area contributed by atoms with Crippen molar-refractivity contribution in [2.24, 2.45) is 5.92 Å². The maximum absolute atomic E-state index is 12.8. The normalized spacial score (nSPS) is 17.7. The highest BCUT2D eigenvalue weighted by molar-refractivity contribution is 5.94. The van der Waals surface area contributed by atoms with Crippen LogP contribution in [0, 0.1) is 12.8 Å². The molecule has 29 heavy (non-hydrogen) atoms. The molecule has 3 nitrogen and oxygen atoms in total. The number of carbonyl (C=O) groups excluding carboxylic acids is 1. The molecule has 0 bridgehead atoms. The maximum Gasteiger partial charge on any atom is 0.253 e. The summed E-state index contributed by atoms with van der Waals surface area (Å²) in [6.45, 7) is 8.48. The fourth-order valence-corrected chi connectivity index (χ4v) is 5.11. The molecule has 3 heteroatoms. The van der Waals surface area contributed by atoms with E-state index in [-0.39, 0.29) is 5.91 Å². The smallest absolute Gasteiger partial charge is 0.253 e. The number of amides is 1. The molecule has 2 aromatic carbocycles. The van der Waals surface area contributed by atoms with E-state index in [0.717, 1.165) is 37.1 Å². The molecule has 154 valence electrons. The highest BCUT2D eigenvalue weighted by atomic mass is 16.2. The SMILES string of the molecule is CCCN(CC1CCN(C(=O)c2cccc(C)c2)CC1)C1Cc2ccccc2C1. The van der Waals surface area contributed by atoms with Crippen molar-refractivity contribution in [1.29, 1.82) is 0 Å². The fraction of sp³-hybridized carbons (Fsp3) is 0.500. The lowest BCUT2D eigenvalue weighted by molar-refractivity contribution is 0.0649. The Labute approximate surface area is 175 Å².